The first kappa shape index (κ1) is 14.5. The summed E-state index contributed by atoms with van der Waals surface area (Å²) in [4.78, 5) is 0. The van der Waals surface area contributed by atoms with Crippen LogP contribution in [0.5, 0.6) is 0 Å². The van der Waals surface area contributed by atoms with Crippen molar-refractivity contribution in [1.29, 1.82) is 0 Å². The van der Waals surface area contributed by atoms with Crippen LogP contribution in [-0.2, 0) is 11.2 Å². The van der Waals surface area contributed by atoms with Gasteiger partial charge in [-0.15, -0.1) is 0 Å². The molecule has 1 aliphatic carbocycles. The summed E-state index contributed by atoms with van der Waals surface area (Å²) < 4.78 is 6.08. The minimum Gasteiger partial charge on any atom is -0.372 e. The molecule has 2 unspecified atom stereocenters. The van der Waals surface area contributed by atoms with Gasteiger partial charge in [-0.1, -0.05) is 37.6 Å². The third kappa shape index (κ3) is 4.32. The summed E-state index contributed by atoms with van der Waals surface area (Å²) in [6, 6.07) is 9.34. The Labute approximate surface area is 117 Å². The van der Waals surface area contributed by atoms with Crippen molar-refractivity contribution in [2.75, 3.05) is 13.2 Å². The highest BCUT2D eigenvalue weighted by atomic mass is 16.5. The first-order chi connectivity index (χ1) is 9.31. The van der Waals surface area contributed by atoms with Crippen LogP contribution in [-0.4, -0.2) is 19.2 Å². The molecule has 0 saturated carbocycles. The lowest BCUT2D eigenvalue weighted by atomic mass is 9.89. The Morgan fingerprint density at radius 3 is 3.05 bits per heavy atom. The number of hydrogen-bond donors (Lipinski definition) is 1. The van der Waals surface area contributed by atoms with Crippen LogP contribution in [0.3, 0.4) is 0 Å². The lowest BCUT2D eigenvalue weighted by Crippen LogP contribution is -2.30. The second kappa shape index (κ2) is 7.66. The van der Waals surface area contributed by atoms with Crippen LogP contribution in [0.2, 0.25) is 0 Å². The summed E-state index contributed by atoms with van der Waals surface area (Å²) in [7, 11) is 0. The molecule has 1 N–H and O–H groups in total. The van der Waals surface area contributed by atoms with Crippen LogP contribution >= 0.6 is 0 Å². The highest BCUT2D eigenvalue weighted by Crippen LogP contribution is 2.31. The summed E-state index contributed by atoms with van der Waals surface area (Å²) in [6.45, 7) is 6.25. The van der Waals surface area contributed by atoms with Gasteiger partial charge in [0.2, 0.25) is 0 Å². The number of hydrogen-bond acceptors (Lipinski definition) is 2. The fourth-order valence-corrected chi connectivity index (χ4v) is 2.92. The van der Waals surface area contributed by atoms with Gasteiger partial charge in [0.1, 0.15) is 0 Å². The van der Waals surface area contributed by atoms with Crippen LogP contribution in [0, 0.1) is 0 Å². The molecule has 2 nitrogen and oxygen atoms in total. The molecule has 2 heteroatoms. The van der Waals surface area contributed by atoms with E-state index in [0.717, 1.165) is 13.2 Å². The molecule has 0 saturated heterocycles. The molecule has 19 heavy (non-hydrogen) atoms. The zero-order chi connectivity index (χ0) is 13.5. The van der Waals surface area contributed by atoms with Gasteiger partial charge < -0.3 is 10.1 Å². The van der Waals surface area contributed by atoms with Gasteiger partial charge in [0, 0.05) is 12.6 Å². The van der Waals surface area contributed by atoms with Crippen LogP contribution in [0.4, 0.5) is 0 Å². The summed E-state index contributed by atoms with van der Waals surface area (Å²) in [6.07, 6.45) is 6.43. The Kier molecular flexibility index (Phi) is 5.87. The molecule has 0 heterocycles. The third-order valence-electron chi connectivity index (χ3n) is 3.95. The quantitative estimate of drug-likeness (QED) is 0.753. The fraction of sp³-hybridized carbons (Fsp3) is 0.647. The third-order valence-corrected chi connectivity index (χ3v) is 3.95. The summed E-state index contributed by atoms with van der Waals surface area (Å²) in [5.41, 5.74) is 2.89. The summed E-state index contributed by atoms with van der Waals surface area (Å²) in [5, 5.41) is 3.52. The summed E-state index contributed by atoms with van der Waals surface area (Å²) >= 11 is 0. The lowest BCUT2D eigenvalue weighted by molar-refractivity contribution is 0.0417. The average molecular weight is 261 g/mol. The van der Waals surface area contributed by atoms with Crippen LogP contribution in [0.1, 0.15) is 56.8 Å². The number of nitrogens with one attached hydrogen (secondary N) is 1. The number of aryl methyl sites for hydroxylation is 1. The molecular weight excluding hydrogens is 234 g/mol. The molecule has 0 fully saturated rings. The van der Waals surface area contributed by atoms with E-state index in [-0.39, 0.29) is 0 Å². The molecular formula is C17H27NO. The van der Waals surface area contributed by atoms with E-state index in [9.17, 15) is 0 Å². The Morgan fingerprint density at radius 1 is 1.37 bits per heavy atom. The highest BCUT2D eigenvalue weighted by molar-refractivity contribution is 5.31. The van der Waals surface area contributed by atoms with E-state index in [4.69, 9.17) is 4.74 Å². The summed E-state index contributed by atoms with van der Waals surface area (Å²) in [5.74, 6) is 0. The Balaban J connectivity index is 1.75. The molecule has 1 aliphatic rings. The second-order valence-corrected chi connectivity index (χ2v) is 5.59. The smallest absolute Gasteiger partial charge is 0.0828 e. The second-order valence-electron chi connectivity index (χ2n) is 5.59. The normalized spacial score (nSPS) is 20.0. The van der Waals surface area contributed by atoms with Gasteiger partial charge in [-0.2, -0.15) is 0 Å². The largest absolute Gasteiger partial charge is 0.372 e. The average Bonchev–Trinajstić information content (AvgIpc) is 2.44. The van der Waals surface area contributed by atoms with Crippen molar-refractivity contribution >= 4 is 0 Å². The monoisotopic (exact) mass is 261 g/mol. The van der Waals surface area contributed by atoms with Crippen molar-refractivity contribution in [2.45, 2.75) is 58.1 Å². The van der Waals surface area contributed by atoms with Gasteiger partial charge in [-0.05, 0) is 43.7 Å². The minimum atomic E-state index is 0.313. The van der Waals surface area contributed by atoms with Crippen LogP contribution < -0.4 is 5.32 Å². The number of benzene rings is 1. The molecule has 0 bridgehead atoms. The molecule has 0 radical (unpaired) electrons. The van der Waals surface area contributed by atoms with Gasteiger partial charge in [0.25, 0.3) is 0 Å². The highest BCUT2D eigenvalue weighted by Gasteiger charge is 2.19. The van der Waals surface area contributed by atoms with Crippen molar-refractivity contribution < 1.29 is 4.74 Å². The standard InChI is InChI=1S/C17H27NO/c1-3-7-14(2)18-12-13-19-17-11-6-9-15-8-4-5-10-16(15)17/h4-5,8,10,14,17-18H,3,6-7,9,11-13H2,1-2H3. The Bertz CT molecular complexity index is 377. The van der Waals surface area contributed by atoms with E-state index >= 15 is 0 Å². The van der Waals surface area contributed by atoms with Gasteiger partial charge in [-0.3, -0.25) is 0 Å². The Hall–Kier alpha value is -0.860. The van der Waals surface area contributed by atoms with Gasteiger partial charge >= 0.3 is 0 Å². The van der Waals surface area contributed by atoms with Crippen molar-refractivity contribution in [1.82, 2.24) is 5.32 Å². The van der Waals surface area contributed by atoms with E-state index in [1.807, 2.05) is 0 Å². The SMILES string of the molecule is CCCC(C)NCCOC1CCCc2ccccc21. The number of fused-ring (bicyclic) bond motifs is 1. The molecule has 0 amide bonds. The number of rotatable bonds is 7. The van der Waals surface area contributed by atoms with Crippen molar-refractivity contribution in [2.24, 2.45) is 0 Å². The van der Waals surface area contributed by atoms with E-state index in [1.165, 1.54) is 43.2 Å². The van der Waals surface area contributed by atoms with Gasteiger partial charge in [0.05, 0.1) is 12.7 Å². The van der Waals surface area contributed by atoms with Crippen LogP contribution in [0.15, 0.2) is 24.3 Å². The maximum absolute atomic E-state index is 6.08. The van der Waals surface area contributed by atoms with E-state index in [0.29, 0.717) is 12.1 Å². The Morgan fingerprint density at radius 2 is 2.21 bits per heavy atom. The zero-order valence-electron chi connectivity index (χ0n) is 12.3. The molecule has 106 valence electrons. The molecule has 2 atom stereocenters. The predicted octanol–water partition coefficient (Wildman–Crippen LogP) is 3.86. The van der Waals surface area contributed by atoms with Gasteiger partial charge in [0.15, 0.2) is 0 Å². The maximum Gasteiger partial charge on any atom is 0.0828 e. The van der Waals surface area contributed by atoms with E-state index in [2.05, 4.69) is 43.4 Å². The first-order valence-corrected chi connectivity index (χ1v) is 7.74. The van der Waals surface area contributed by atoms with Gasteiger partial charge in [-0.25, -0.2) is 0 Å². The molecule has 1 aromatic carbocycles. The van der Waals surface area contributed by atoms with Crippen molar-refractivity contribution in [3.63, 3.8) is 0 Å². The topological polar surface area (TPSA) is 21.3 Å². The van der Waals surface area contributed by atoms with E-state index in [1.54, 1.807) is 0 Å². The van der Waals surface area contributed by atoms with E-state index < -0.39 is 0 Å². The molecule has 0 spiro atoms. The molecule has 1 aromatic rings. The van der Waals surface area contributed by atoms with Crippen molar-refractivity contribution in [3.8, 4) is 0 Å². The minimum absolute atomic E-state index is 0.313. The fourth-order valence-electron chi connectivity index (χ4n) is 2.92. The predicted molar refractivity (Wildman–Crippen MR) is 80.4 cm³/mol. The molecule has 0 aromatic heterocycles. The molecule has 0 aliphatic heterocycles. The number of ether oxygens (including phenoxy) is 1. The lowest BCUT2D eigenvalue weighted by Gasteiger charge is -2.26. The molecule has 2 rings (SSSR count). The zero-order valence-corrected chi connectivity index (χ0v) is 12.3. The van der Waals surface area contributed by atoms with Crippen molar-refractivity contribution in [3.05, 3.63) is 35.4 Å². The maximum atomic E-state index is 6.08. The van der Waals surface area contributed by atoms with Crippen LogP contribution in [0.25, 0.3) is 0 Å². The first-order valence-electron chi connectivity index (χ1n) is 7.74.